The van der Waals surface area contributed by atoms with Gasteiger partial charge in [0.2, 0.25) is 0 Å². The summed E-state index contributed by atoms with van der Waals surface area (Å²) in [6.07, 6.45) is 1.48. The average molecular weight is 135 g/mol. The van der Waals surface area contributed by atoms with Crippen molar-refractivity contribution in [2.75, 3.05) is 0 Å². The predicted octanol–water partition coefficient (Wildman–Crippen LogP) is 0.846. The van der Waals surface area contributed by atoms with Crippen LogP contribution in [0.4, 0.5) is 0 Å². The van der Waals surface area contributed by atoms with Crippen molar-refractivity contribution >= 4 is 0 Å². The Morgan fingerprint density at radius 1 is 1.30 bits per heavy atom. The number of hydrogen-bond donors (Lipinski definition) is 1. The summed E-state index contributed by atoms with van der Waals surface area (Å²) in [5.74, 6) is 5.28. The standard InChI is InChI=1S/C9H13N/c1-3-4-2-5-8(10)7-6(3)9(4,5)7/h3-8H,2,10H2,1H3/t3-,4?,5?,6?,7+,8?,9?/m0/s1. The van der Waals surface area contributed by atoms with E-state index in [1.165, 1.54) is 6.42 Å². The van der Waals surface area contributed by atoms with Gasteiger partial charge in [-0.25, -0.2) is 0 Å². The molecule has 54 valence electrons. The van der Waals surface area contributed by atoms with Gasteiger partial charge in [-0.2, -0.15) is 0 Å². The molecule has 7 atom stereocenters. The van der Waals surface area contributed by atoms with E-state index in [-0.39, 0.29) is 0 Å². The lowest BCUT2D eigenvalue weighted by Gasteiger charge is -2.63. The lowest BCUT2D eigenvalue weighted by atomic mass is 9.42. The van der Waals surface area contributed by atoms with Crippen molar-refractivity contribution in [3.8, 4) is 0 Å². The molecule has 5 unspecified atom stereocenters. The molecule has 4 saturated carbocycles. The molecule has 1 nitrogen and oxygen atoms in total. The van der Waals surface area contributed by atoms with Crippen LogP contribution in [0.1, 0.15) is 13.3 Å². The number of hydrogen-bond acceptors (Lipinski definition) is 1. The molecule has 1 spiro atoms. The van der Waals surface area contributed by atoms with E-state index in [9.17, 15) is 0 Å². The second-order valence-corrected chi connectivity index (χ2v) is 4.94. The molecule has 0 aliphatic heterocycles. The van der Waals surface area contributed by atoms with Crippen LogP contribution in [-0.4, -0.2) is 6.04 Å². The quantitative estimate of drug-likeness (QED) is 0.523. The van der Waals surface area contributed by atoms with E-state index in [0.717, 1.165) is 35.0 Å². The molecular formula is C9H13N. The van der Waals surface area contributed by atoms with Gasteiger partial charge >= 0.3 is 0 Å². The first-order valence-corrected chi connectivity index (χ1v) is 4.55. The van der Waals surface area contributed by atoms with E-state index >= 15 is 0 Å². The normalized spacial score (nSPS) is 87.0. The van der Waals surface area contributed by atoms with Crippen LogP contribution in [0.15, 0.2) is 0 Å². The van der Waals surface area contributed by atoms with Gasteiger partial charge in [0.1, 0.15) is 0 Å². The minimum absolute atomic E-state index is 0.631. The average Bonchev–Trinajstić information content (AvgIpc) is 2.54. The molecule has 0 aromatic rings. The molecule has 4 aliphatic carbocycles. The van der Waals surface area contributed by atoms with Gasteiger partial charge in [-0.15, -0.1) is 0 Å². The molecule has 0 amide bonds. The van der Waals surface area contributed by atoms with Gasteiger partial charge in [-0.3, -0.25) is 0 Å². The van der Waals surface area contributed by atoms with Crippen molar-refractivity contribution in [3.63, 3.8) is 0 Å². The zero-order valence-corrected chi connectivity index (χ0v) is 6.25. The third-order valence-electron chi connectivity index (χ3n) is 5.31. The first-order valence-electron chi connectivity index (χ1n) is 4.55. The summed E-state index contributed by atoms with van der Waals surface area (Å²) < 4.78 is 0. The summed E-state index contributed by atoms with van der Waals surface area (Å²) in [5.41, 5.74) is 6.92. The molecule has 4 aliphatic rings. The summed E-state index contributed by atoms with van der Waals surface area (Å²) in [5, 5.41) is 0. The SMILES string of the molecule is C[C@H]1C2CC3C(N)[C@H]4C1C324. The van der Waals surface area contributed by atoms with Gasteiger partial charge in [-0.05, 0) is 41.4 Å². The van der Waals surface area contributed by atoms with Gasteiger partial charge < -0.3 is 5.73 Å². The topological polar surface area (TPSA) is 26.0 Å². The van der Waals surface area contributed by atoms with Gasteiger partial charge in [0, 0.05) is 6.04 Å². The third kappa shape index (κ3) is 0.183. The van der Waals surface area contributed by atoms with Crippen molar-refractivity contribution in [2.45, 2.75) is 19.4 Å². The molecule has 4 rings (SSSR count). The number of nitrogens with two attached hydrogens (primary N) is 1. The van der Waals surface area contributed by atoms with Crippen LogP contribution in [0, 0.1) is 35.0 Å². The van der Waals surface area contributed by atoms with Gasteiger partial charge in [0.05, 0.1) is 0 Å². The minimum atomic E-state index is 0.631. The van der Waals surface area contributed by atoms with Crippen LogP contribution in [-0.2, 0) is 0 Å². The smallest absolute Gasteiger partial charge is 0.0110 e. The zero-order chi connectivity index (χ0) is 6.67. The molecule has 0 aromatic heterocycles. The molecule has 10 heavy (non-hydrogen) atoms. The maximum Gasteiger partial charge on any atom is 0.0110 e. The summed E-state index contributed by atoms with van der Waals surface area (Å²) in [6.45, 7) is 2.43. The van der Waals surface area contributed by atoms with Crippen molar-refractivity contribution in [2.24, 2.45) is 40.7 Å². The Morgan fingerprint density at radius 3 is 2.70 bits per heavy atom. The Balaban J connectivity index is 1.85. The maximum absolute atomic E-state index is 6.02. The van der Waals surface area contributed by atoms with E-state index in [2.05, 4.69) is 6.92 Å². The summed E-state index contributed by atoms with van der Waals surface area (Å²) in [4.78, 5) is 0. The zero-order valence-electron chi connectivity index (χ0n) is 6.25. The van der Waals surface area contributed by atoms with Gasteiger partial charge in [-0.1, -0.05) is 6.92 Å². The van der Waals surface area contributed by atoms with E-state index in [4.69, 9.17) is 5.73 Å². The van der Waals surface area contributed by atoms with E-state index in [1.807, 2.05) is 0 Å². The molecule has 4 fully saturated rings. The van der Waals surface area contributed by atoms with E-state index in [1.54, 1.807) is 0 Å². The van der Waals surface area contributed by atoms with Crippen molar-refractivity contribution in [3.05, 3.63) is 0 Å². The van der Waals surface area contributed by atoms with E-state index in [0.29, 0.717) is 6.04 Å². The lowest BCUT2D eigenvalue weighted by Crippen LogP contribution is -2.64. The Labute approximate surface area is 61.0 Å². The van der Waals surface area contributed by atoms with Crippen LogP contribution in [0.2, 0.25) is 0 Å². The second-order valence-electron chi connectivity index (χ2n) is 4.94. The monoisotopic (exact) mass is 135 g/mol. The van der Waals surface area contributed by atoms with E-state index < -0.39 is 0 Å². The Morgan fingerprint density at radius 2 is 2.10 bits per heavy atom. The van der Waals surface area contributed by atoms with Crippen molar-refractivity contribution in [1.29, 1.82) is 0 Å². The Bertz CT molecular complexity index is 211. The first kappa shape index (κ1) is 4.76. The Kier molecular flexibility index (Phi) is 0.434. The van der Waals surface area contributed by atoms with Crippen molar-refractivity contribution < 1.29 is 0 Å². The summed E-state index contributed by atoms with van der Waals surface area (Å²) >= 11 is 0. The molecule has 0 aromatic carbocycles. The van der Waals surface area contributed by atoms with Crippen LogP contribution < -0.4 is 5.73 Å². The van der Waals surface area contributed by atoms with Gasteiger partial charge in [0.15, 0.2) is 0 Å². The third-order valence-corrected chi connectivity index (χ3v) is 5.31. The molecule has 0 heterocycles. The number of fused-ring (bicyclic) bond motifs is 1. The molecule has 0 bridgehead atoms. The van der Waals surface area contributed by atoms with Crippen LogP contribution in [0.25, 0.3) is 0 Å². The fourth-order valence-corrected chi connectivity index (χ4v) is 5.05. The summed E-state index contributed by atoms with van der Waals surface area (Å²) in [6, 6.07) is 0.631. The minimum Gasteiger partial charge on any atom is -0.327 e. The maximum atomic E-state index is 6.02. The van der Waals surface area contributed by atoms with Crippen LogP contribution in [0.3, 0.4) is 0 Å². The molecule has 0 saturated heterocycles. The fourth-order valence-electron chi connectivity index (χ4n) is 5.05. The largest absolute Gasteiger partial charge is 0.327 e. The highest BCUT2D eigenvalue weighted by Crippen LogP contribution is 2.96. The van der Waals surface area contributed by atoms with Crippen LogP contribution in [0.5, 0.6) is 0 Å². The molecule has 1 heteroatoms. The molecule has 0 radical (unpaired) electrons. The lowest BCUT2D eigenvalue weighted by molar-refractivity contribution is -0.143. The van der Waals surface area contributed by atoms with Crippen LogP contribution >= 0.6 is 0 Å². The highest BCUT2D eigenvalue weighted by molar-refractivity contribution is 5.43. The fraction of sp³-hybridized carbons (Fsp3) is 1.00. The highest BCUT2D eigenvalue weighted by atomic mass is 15.0. The first-order chi connectivity index (χ1) is 4.79. The molecular weight excluding hydrogens is 122 g/mol. The second kappa shape index (κ2) is 0.911. The number of rotatable bonds is 0. The highest BCUT2D eigenvalue weighted by Gasteiger charge is 2.94. The predicted molar refractivity (Wildman–Crippen MR) is 38.1 cm³/mol. The Hall–Kier alpha value is -0.0400. The summed E-state index contributed by atoms with van der Waals surface area (Å²) in [7, 11) is 0. The molecule has 2 N–H and O–H groups in total. The van der Waals surface area contributed by atoms with Gasteiger partial charge in [0.25, 0.3) is 0 Å². The van der Waals surface area contributed by atoms with Crippen molar-refractivity contribution in [1.82, 2.24) is 0 Å².